The van der Waals surface area contributed by atoms with Crippen LogP contribution in [0.3, 0.4) is 0 Å². The maximum atomic E-state index is 10.3. The number of imidazole rings is 1. The summed E-state index contributed by atoms with van der Waals surface area (Å²) in [7, 11) is 1.74. The Kier molecular flexibility index (Phi) is 5.24. The molecule has 34 heavy (non-hydrogen) atoms. The molecule has 0 spiro atoms. The quantitative estimate of drug-likeness (QED) is 0.353. The van der Waals surface area contributed by atoms with Crippen molar-refractivity contribution in [3.63, 3.8) is 0 Å². The van der Waals surface area contributed by atoms with Gasteiger partial charge in [0.15, 0.2) is 5.13 Å². The van der Waals surface area contributed by atoms with Gasteiger partial charge in [-0.15, -0.1) is 10.2 Å². The monoisotopic (exact) mass is 476 g/mol. The summed E-state index contributed by atoms with van der Waals surface area (Å²) < 4.78 is 3.19. The third kappa shape index (κ3) is 3.91. The van der Waals surface area contributed by atoms with Crippen LogP contribution in [0.1, 0.15) is 24.8 Å². The molecule has 0 amide bonds. The van der Waals surface area contributed by atoms with Crippen LogP contribution < -0.4 is 5.32 Å². The van der Waals surface area contributed by atoms with Crippen molar-refractivity contribution in [3.05, 3.63) is 48.3 Å². The van der Waals surface area contributed by atoms with Gasteiger partial charge in [0.05, 0.1) is 52.9 Å². The number of hydrogen-bond acceptors (Lipinski definition) is 9. The van der Waals surface area contributed by atoms with E-state index in [0.717, 1.165) is 50.4 Å². The van der Waals surface area contributed by atoms with Crippen molar-refractivity contribution in [1.82, 2.24) is 34.7 Å². The SMILES string of the molecule is Cn1nnc(-c2ccc3c(c2)ncn3Cc2ccc3nc(NC4CCCC(O)C4O)sc3c2)n1. The Labute approximate surface area is 198 Å². The van der Waals surface area contributed by atoms with E-state index in [0.29, 0.717) is 18.8 Å². The highest BCUT2D eigenvalue weighted by molar-refractivity contribution is 7.22. The Morgan fingerprint density at radius 2 is 2.03 bits per heavy atom. The number of tetrazole rings is 1. The van der Waals surface area contributed by atoms with Gasteiger partial charge in [0, 0.05) is 12.1 Å². The number of thiazole rings is 1. The molecule has 1 fully saturated rings. The van der Waals surface area contributed by atoms with Crippen LogP contribution in [0, 0.1) is 0 Å². The van der Waals surface area contributed by atoms with E-state index < -0.39 is 12.2 Å². The van der Waals surface area contributed by atoms with Gasteiger partial charge in [-0.2, -0.15) is 4.80 Å². The number of nitrogens with one attached hydrogen (secondary N) is 1. The van der Waals surface area contributed by atoms with Gasteiger partial charge >= 0.3 is 0 Å². The van der Waals surface area contributed by atoms with Crippen LogP contribution in [0.25, 0.3) is 32.6 Å². The first-order valence-electron chi connectivity index (χ1n) is 11.2. The molecule has 0 aliphatic heterocycles. The second-order valence-corrected chi connectivity index (χ2v) is 9.77. The number of benzene rings is 2. The number of rotatable bonds is 5. The van der Waals surface area contributed by atoms with Crippen LogP contribution in [0.15, 0.2) is 42.7 Å². The molecule has 11 heteroatoms. The summed E-state index contributed by atoms with van der Waals surface area (Å²) in [5.74, 6) is 0.578. The predicted molar refractivity (Wildman–Crippen MR) is 130 cm³/mol. The molecule has 5 aromatic rings. The van der Waals surface area contributed by atoms with Crippen molar-refractivity contribution in [1.29, 1.82) is 0 Å². The molecule has 174 valence electrons. The van der Waals surface area contributed by atoms with E-state index >= 15 is 0 Å². The molecule has 3 aromatic heterocycles. The standard InChI is InChI=1S/C23H24N8O2S/c1-30-28-22(27-29-30)14-6-8-18-17(10-14)24-12-31(18)11-13-5-7-15-20(9-13)34-23(25-15)26-16-3-2-4-19(32)21(16)33/h5-10,12,16,19,21,32-33H,2-4,11H2,1H3,(H,25,26). The molecule has 10 nitrogen and oxygen atoms in total. The first kappa shape index (κ1) is 21.1. The molecule has 3 heterocycles. The fourth-order valence-corrected chi connectivity index (χ4v) is 5.52. The van der Waals surface area contributed by atoms with Crippen LogP contribution in [0.4, 0.5) is 5.13 Å². The zero-order valence-electron chi connectivity index (χ0n) is 18.5. The number of nitrogens with zero attached hydrogens (tertiary/aromatic N) is 7. The number of aromatic nitrogens is 7. The van der Waals surface area contributed by atoms with Crippen LogP contribution in [-0.4, -0.2) is 63.2 Å². The molecule has 3 unspecified atom stereocenters. The molecule has 2 aromatic carbocycles. The lowest BCUT2D eigenvalue weighted by molar-refractivity contribution is -0.0161. The van der Waals surface area contributed by atoms with Gasteiger partial charge in [-0.05, 0) is 60.4 Å². The van der Waals surface area contributed by atoms with E-state index in [1.807, 2.05) is 30.6 Å². The summed E-state index contributed by atoms with van der Waals surface area (Å²) >= 11 is 1.56. The summed E-state index contributed by atoms with van der Waals surface area (Å²) in [6, 6.07) is 12.1. The lowest BCUT2D eigenvalue weighted by Crippen LogP contribution is -2.45. The minimum atomic E-state index is -0.768. The molecular formula is C23H24N8O2S. The number of aryl methyl sites for hydroxylation is 1. The summed E-state index contributed by atoms with van der Waals surface area (Å²) in [6.45, 7) is 0.684. The van der Waals surface area contributed by atoms with Crippen LogP contribution in [0.2, 0.25) is 0 Å². The Bertz CT molecular complexity index is 1470. The number of fused-ring (bicyclic) bond motifs is 2. The first-order chi connectivity index (χ1) is 16.5. The Balaban J connectivity index is 1.22. The zero-order valence-corrected chi connectivity index (χ0v) is 19.4. The highest BCUT2D eigenvalue weighted by Crippen LogP contribution is 2.30. The summed E-state index contributed by atoms with van der Waals surface area (Å²) in [5, 5.41) is 36.6. The minimum absolute atomic E-state index is 0.178. The summed E-state index contributed by atoms with van der Waals surface area (Å²) in [6.07, 6.45) is 2.76. The molecule has 1 aliphatic rings. The second-order valence-electron chi connectivity index (χ2n) is 8.74. The van der Waals surface area contributed by atoms with Gasteiger partial charge < -0.3 is 20.1 Å². The maximum absolute atomic E-state index is 10.3. The van der Waals surface area contributed by atoms with Crippen molar-refractivity contribution in [2.24, 2.45) is 7.05 Å². The van der Waals surface area contributed by atoms with Crippen LogP contribution >= 0.6 is 11.3 Å². The predicted octanol–water partition coefficient (Wildman–Crippen LogP) is 2.57. The van der Waals surface area contributed by atoms with E-state index in [1.54, 1.807) is 18.4 Å². The smallest absolute Gasteiger partial charge is 0.204 e. The molecule has 6 rings (SSSR count). The lowest BCUT2D eigenvalue weighted by Gasteiger charge is -2.32. The van der Waals surface area contributed by atoms with E-state index in [1.165, 1.54) is 4.80 Å². The van der Waals surface area contributed by atoms with Crippen molar-refractivity contribution in [2.75, 3.05) is 5.32 Å². The van der Waals surface area contributed by atoms with E-state index in [4.69, 9.17) is 0 Å². The van der Waals surface area contributed by atoms with Crippen molar-refractivity contribution in [3.8, 4) is 11.4 Å². The summed E-state index contributed by atoms with van der Waals surface area (Å²) in [5.41, 5.74) is 4.86. The van der Waals surface area contributed by atoms with Crippen molar-refractivity contribution >= 4 is 37.7 Å². The lowest BCUT2D eigenvalue weighted by atomic mass is 9.90. The van der Waals surface area contributed by atoms with E-state index in [-0.39, 0.29) is 6.04 Å². The van der Waals surface area contributed by atoms with Gasteiger partial charge in [-0.3, -0.25) is 0 Å². The normalized spacial score (nSPS) is 20.9. The molecule has 0 radical (unpaired) electrons. The molecule has 0 saturated heterocycles. The topological polar surface area (TPSA) is 127 Å². The van der Waals surface area contributed by atoms with Crippen LogP contribution in [0.5, 0.6) is 0 Å². The largest absolute Gasteiger partial charge is 0.390 e. The highest BCUT2D eigenvalue weighted by Gasteiger charge is 2.30. The van der Waals surface area contributed by atoms with Gasteiger partial charge in [-0.1, -0.05) is 17.4 Å². The number of aliphatic hydroxyl groups is 2. The molecule has 0 bridgehead atoms. The Morgan fingerprint density at radius 1 is 1.12 bits per heavy atom. The molecule has 3 atom stereocenters. The van der Waals surface area contributed by atoms with Crippen molar-refractivity contribution < 1.29 is 10.2 Å². The fraction of sp³-hybridized carbons (Fsp3) is 0.348. The molecule has 3 N–H and O–H groups in total. The number of hydrogen-bond donors (Lipinski definition) is 3. The Morgan fingerprint density at radius 3 is 2.88 bits per heavy atom. The van der Waals surface area contributed by atoms with E-state index in [9.17, 15) is 10.2 Å². The Hall–Kier alpha value is -3.41. The van der Waals surface area contributed by atoms with E-state index in [2.05, 4.69) is 47.4 Å². The molecule has 1 aliphatic carbocycles. The van der Waals surface area contributed by atoms with Gasteiger partial charge in [0.1, 0.15) is 0 Å². The highest BCUT2D eigenvalue weighted by atomic mass is 32.1. The molecule has 1 saturated carbocycles. The maximum Gasteiger partial charge on any atom is 0.204 e. The fourth-order valence-electron chi connectivity index (χ4n) is 4.53. The summed E-state index contributed by atoms with van der Waals surface area (Å²) in [4.78, 5) is 10.7. The van der Waals surface area contributed by atoms with Gasteiger partial charge in [0.25, 0.3) is 0 Å². The third-order valence-electron chi connectivity index (χ3n) is 6.32. The third-order valence-corrected chi connectivity index (χ3v) is 7.27. The number of aliphatic hydroxyl groups excluding tert-OH is 2. The van der Waals surface area contributed by atoms with Gasteiger partial charge in [0.2, 0.25) is 5.82 Å². The zero-order chi connectivity index (χ0) is 23.2. The average Bonchev–Trinajstić information content (AvgIpc) is 3.55. The minimum Gasteiger partial charge on any atom is -0.390 e. The average molecular weight is 477 g/mol. The second kappa shape index (κ2) is 8.42. The van der Waals surface area contributed by atoms with Gasteiger partial charge in [-0.25, -0.2) is 9.97 Å². The number of anilines is 1. The first-order valence-corrected chi connectivity index (χ1v) is 12.1. The van der Waals surface area contributed by atoms with Crippen molar-refractivity contribution in [2.45, 2.75) is 44.1 Å². The molecular weight excluding hydrogens is 452 g/mol. The van der Waals surface area contributed by atoms with Crippen LogP contribution in [-0.2, 0) is 13.6 Å².